The van der Waals surface area contributed by atoms with E-state index in [4.69, 9.17) is 11.6 Å². The van der Waals surface area contributed by atoms with Gasteiger partial charge >= 0.3 is 0 Å². The molecular weight excluding hydrogens is 274 g/mol. The van der Waals surface area contributed by atoms with E-state index in [1.165, 1.54) is 0 Å². The molecule has 1 N–H and O–H groups in total. The highest BCUT2D eigenvalue weighted by Crippen LogP contribution is 2.23. The van der Waals surface area contributed by atoms with Crippen molar-refractivity contribution in [2.24, 2.45) is 5.92 Å². The first-order valence-electron chi connectivity index (χ1n) is 7.30. The second kappa shape index (κ2) is 7.09. The van der Waals surface area contributed by atoms with Crippen molar-refractivity contribution in [1.29, 1.82) is 0 Å². The molecule has 3 nitrogen and oxygen atoms in total. The molecule has 0 aromatic heterocycles. The van der Waals surface area contributed by atoms with E-state index in [-0.39, 0.29) is 12.0 Å². The lowest BCUT2D eigenvalue weighted by Crippen LogP contribution is -2.41. The summed E-state index contributed by atoms with van der Waals surface area (Å²) in [5, 5.41) is 10.5. The summed E-state index contributed by atoms with van der Waals surface area (Å²) in [7, 11) is 0. The number of rotatable bonds is 4. The van der Waals surface area contributed by atoms with Crippen LogP contribution in [0.2, 0.25) is 5.02 Å². The Kier molecular flexibility index (Phi) is 5.44. The van der Waals surface area contributed by atoms with Crippen LogP contribution in [0.25, 0.3) is 0 Å². The summed E-state index contributed by atoms with van der Waals surface area (Å²) in [5.74, 6) is 0.493. The van der Waals surface area contributed by atoms with E-state index in [2.05, 4.69) is 0 Å². The minimum atomic E-state index is -0.222. The Bertz CT molecular complexity index is 456. The van der Waals surface area contributed by atoms with E-state index in [1.54, 1.807) is 0 Å². The predicted octanol–water partition coefficient (Wildman–Crippen LogP) is 2.89. The average Bonchev–Trinajstić information content (AvgIpc) is 2.46. The van der Waals surface area contributed by atoms with Gasteiger partial charge in [0.25, 0.3) is 0 Å². The van der Waals surface area contributed by atoms with Gasteiger partial charge in [0.05, 0.1) is 12.5 Å². The molecule has 1 atom stereocenters. The molecule has 1 saturated heterocycles. The van der Waals surface area contributed by atoms with Crippen LogP contribution in [0.3, 0.4) is 0 Å². The number of likely N-dealkylation sites (tertiary alicyclic amines) is 1. The third kappa shape index (κ3) is 3.97. The molecule has 0 bridgehead atoms. The highest BCUT2D eigenvalue weighted by molar-refractivity contribution is 6.30. The van der Waals surface area contributed by atoms with Gasteiger partial charge in [0, 0.05) is 18.1 Å². The number of aliphatic hydroxyl groups is 1. The fraction of sp³-hybridized carbons (Fsp3) is 0.562. The molecule has 0 aliphatic carbocycles. The van der Waals surface area contributed by atoms with Gasteiger partial charge in [-0.05, 0) is 42.9 Å². The monoisotopic (exact) mass is 295 g/mol. The predicted molar refractivity (Wildman–Crippen MR) is 80.8 cm³/mol. The quantitative estimate of drug-likeness (QED) is 0.928. The normalized spacial score (nSPS) is 18.1. The smallest absolute Gasteiger partial charge is 0.226 e. The number of benzene rings is 1. The lowest BCUT2D eigenvalue weighted by Gasteiger charge is -2.34. The van der Waals surface area contributed by atoms with Gasteiger partial charge in [-0.3, -0.25) is 4.79 Å². The molecule has 20 heavy (non-hydrogen) atoms. The van der Waals surface area contributed by atoms with Crippen LogP contribution in [0.15, 0.2) is 24.3 Å². The van der Waals surface area contributed by atoms with Gasteiger partial charge in [-0.2, -0.15) is 0 Å². The minimum absolute atomic E-state index is 0.150. The topological polar surface area (TPSA) is 40.5 Å². The van der Waals surface area contributed by atoms with E-state index in [0.717, 1.165) is 37.9 Å². The summed E-state index contributed by atoms with van der Waals surface area (Å²) in [5.41, 5.74) is 0.957. The van der Waals surface area contributed by atoms with Gasteiger partial charge in [-0.25, -0.2) is 0 Å². The number of hydrogen-bond donors (Lipinski definition) is 1. The zero-order chi connectivity index (χ0) is 14.5. The molecule has 110 valence electrons. The van der Waals surface area contributed by atoms with Gasteiger partial charge in [0.15, 0.2) is 0 Å². The number of halogens is 1. The van der Waals surface area contributed by atoms with Crippen LogP contribution in [0.4, 0.5) is 0 Å². The van der Waals surface area contributed by atoms with Crippen LogP contribution in [-0.2, 0) is 11.2 Å². The Labute approximate surface area is 125 Å². The first-order chi connectivity index (χ1) is 9.60. The van der Waals surface area contributed by atoms with Crippen LogP contribution >= 0.6 is 11.6 Å². The highest BCUT2D eigenvalue weighted by Gasteiger charge is 2.26. The second-order valence-corrected chi connectivity index (χ2v) is 5.94. The zero-order valence-electron chi connectivity index (χ0n) is 11.9. The Morgan fingerprint density at radius 3 is 2.75 bits per heavy atom. The van der Waals surface area contributed by atoms with E-state index in [0.29, 0.717) is 17.4 Å². The number of nitrogens with zero attached hydrogens (tertiary/aromatic N) is 1. The number of aliphatic hydroxyl groups excluding tert-OH is 1. The van der Waals surface area contributed by atoms with E-state index < -0.39 is 0 Å². The molecule has 1 heterocycles. The van der Waals surface area contributed by atoms with Gasteiger partial charge in [-0.1, -0.05) is 30.7 Å². The van der Waals surface area contributed by atoms with Gasteiger partial charge in [-0.15, -0.1) is 0 Å². The summed E-state index contributed by atoms with van der Waals surface area (Å²) in [6.45, 7) is 3.50. The standard InChI is InChI=1S/C16H22ClNO2/c1-2-15(19)13-6-8-18(9-7-13)16(20)11-12-4-3-5-14(17)10-12/h3-5,10,13,15,19H,2,6-9,11H2,1H3. The van der Waals surface area contributed by atoms with E-state index in [1.807, 2.05) is 36.1 Å². The lowest BCUT2D eigenvalue weighted by molar-refractivity contribution is -0.132. The number of carbonyl (C=O) groups excluding carboxylic acids is 1. The van der Waals surface area contributed by atoms with Crippen molar-refractivity contribution in [3.63, 3.8) is 0 Å². The molecule has 1 aromatic carbocycles. The lowest BCUT2D eigenvalue weighted by atomic mass is 9.90. The molecule has 1 aliphatic heterocycles. The van der Waals surface area contributed by atoms with E-state index >= 15 is 0 Å². The Morgan fingerprint density at radius 2 is 2.15 bits per heavy atom. The van der Waals surface area contributed by atoms with Gasteiger partial charge in [0.2, 0.25) is 5.91 Å². The fourth-order valence-corrected chi connectivity index (χ4v) is 3.01. The van der Waals surface area contributed by atoms with Crippen molar-refractivity contribution >= 4 is 17.5 Å². The number of carbonyl (C=O) groups is 1. The largest absolute Gasteiger partial charge is 0.393 e. The van der Waals surface area contributed by atoms with Gasteiger partial charge < -0.3 is 10.0 Å². The second-order valence-electron chi connectivity index (χ2n) is 5.50. The first-order valence-corrected chi connectivity index (χ1v) is 7.68. The molecule has 2 rings (SSSR count). The number of piperidine rings is 1. The van der Waals surface area contributed by atoms with Crippen molar-refractivity contribution in [2.75, 3.05) is 13.1 Å². The molecule has 1 unspecified atom stereocenters. The molecule has 0 spiro atoms. The van der Waals surface area contributed by atoms with Crippen molar-refractivity contribution in [2.45, 2.75) is 38.7 Å². The van der Waals surface area contributed by atoms with Crippen molar-refractivity contribution in [3.8, 4) is 0 Å². The molecular formula is C16H22ClNO2. The molecule has 4 heteroatoms. The third-order valence-electron chi connectivity index (χ3n) is 4.10. The van der Waals surface area contributed by atoms with Gasteiger partial charge in [0.1, 0.15) is 0 Å². The third-order valence-corrected chi connectivity index (χ3v) is 4.33. The summed E-state index contributed by atoms with van der Waals surface area (Å²) < 4.78 is 0. The number of amides is 1. The molecule has 1 fully saturated rings. The summed E-state index contributed by atoms with van der Waals surface area (Å²) in [6, 6.07) is 7.45. The van der Waals surface area contributed by atoms with Crippen LogP contribution in [0.5, 0.6) is 0 Å². The molecule has 1 amide bonds. The van der Waals surface area contributed by atoms with Crippen molar-refractivity contribution < 1.29 is 9.90 Å². The summed E-state index contributed by atoms with van der Waals surface area (Å²) in [6.07, 6.45) is 2.77. The Morgan fingerprint density at radius 1 is 1.45 bits per heavy atom. The fourth-order valence-electron chi connectivity index (χ4n) is 2.80. The van der Waals surface area contributed by atoms with E-state index in [9.17, 15) is 9.90 Å². The molecule has 1 aromatic rings. The van der Waals surface area contributed by atoms with Crippen LogP contribution in [0.1, 0.15) is 31.7 Å². The number of hydrogen-bond acceptors (Lipinski definition) is 2. The molecule has 0 saturated carbocycles. The maximum absolute atomic E-state index is 12.2. The Balaban J connectivity index is 1.86. The minimum Gasteiger partial charge on any atom is -0.393 e. The maximum Gasteiger partial charge on any atom is 0.226 e. The summed E-state index contributed by atoms with van der Waals surface area (Å²) in [4.78, 5) is 14.1. The highest BCUT2D eigenvalue weighted by atomic mass is 35.5. The van der Waals surface area contributed by atoms with Crippen molar-refractivity contribution in [3.05, 3.63) is 34.9 Å². The first kappa shape index (κ1) is 15.3. The zero-order valence-corrected chi connectivity index (χ0v) is 12.6. The summed E-state index contributed by atoms with van der Waals surface area (Å²) >= 11 is 5.93. The van der Waals surface area contributed by atoms with Crippen LogP contribution in [-0.4, -0.2) is 35.1 Å². The van der Waals surface area contributed by atoms with Crippen LogP contribution < -0.4 is 0 Å². The van der Waals surface area contributed by atoms with Crippen molar-refractivity contribution in [1.82, 2.24) is 4.90 Å². The average molecular weight is 296 g/mol. The molecule has 0 radical (unpaired) electrons. The maximum atomic E-state index is 12.2. The Hall–Kier alpha value is -1.06. The molecule has 1 aliphatic rings. The van der Waals surface area contributed by atoms with Crippen LogP contribution in [0, 0.1) is 5.92 Å². The SMILES string of the molecule is CCC(O)C1CCN(C(=O)Cc2cccc(Cl)c2)CC1.